The largest absolute Gasteiger partial charge is 0.417 e. The monoisotopic (exact) mass is 434 g/mol. The molecule has 12 heteroatoms. The number of nitrogens with one attached hydrogen (secondary N) is 1. The number of rotatable bonds is 4. The number of hydrogen-bond acceptors (Lipinski definition) is 7. The molecule has 1 fully saturated rings. The van der Waals surface area contributed by atoms with Crippen LogP contribution in [0, 0.1) is 0 Å². The lowest BCUT2D eigenvalue weighted by Crippen LogP contribution is -2.41. The van der Waals surface area contributed by atoms with Crippen LogP contribution in [0.5, 0.6) is 0 Å². The Hall–Kier alpha value is -3.44. The molecular formula is C19H21F3N8O. The van der Waals surface area contributed by atoms with Crippen molar-refractivity contribution in [3.63, 3.8) is 0 Å². The summed E-state index contributed by atoms with van der Waals surface area (Å²) in [6.45, 7) is 2.25. The van der Waals surface area contributed by atoms with Crippen LogP contribution in [-0.4, -0.2) is 75.5 Å². The van der Waals surface area contributed by atoms with Crippen LogP contribution in [-0.2, 0) is 11.0 Å². The fraction of sp³-hybridized carbons (Fsp3) is 0.421. The Bertz CT molecular complexity index is 1050. The summed E-state index contributed by atoms with van der Waals surface area (Å²) in [5, 5.41) is 0. The first-order valence-electron chi connectivity index (χ1n) is 9.74. The van der Waals surface area contributed by atoms with Crippen molar-refractivity contribution in [2.45, 2.75) is 12.6 Å². The van der Waals surface area contributed by atoms with E-state index in [1.54, 1.807) is 16.8 Å². The highest BCUT2D eigenvalue weighted by atomic mass is 19.4. The average molecular weight is 434 g/mol. The molecule has 9 nitrogen and oxygen atoms in total. The van der Waals surface area contributed by atoms with Crippen LogP contribution in [0.25, 0.3) is 11.2 Å². The molecule has 0 unspecified atom stereocenters. The second-order valence-corrected chi connectivity index (χ2v) is 7.28. The Labute approximate surface area is 175 Å². The molecule has 1 N–H and O–H groups in total. The summed E-state index contributed by atoms with van der Waals surface area (Å²) in [6.07, 6.45) is 0.0506. The zero-order valence-corrected chi connectivity index (χ0v) is 16.8. The number of pyridine rings is 1. The van der Waals surface area contributed by atoms with Crippen LogP contribution in [0.4, 0.5) is 24.8 Å². The quantitative estimate of drug-likeness (QED) is 0.671. The number of aromatic amines is 1. The fourth-order valence-corrected chi connectivity index (χ4v) is 3.56. The van der Waals surface area contributed by atoms with Crippen molar-refractivity contribution < 1.29 is 18.0 Å². The molecule has 4 heterocycles. The third kappa shape index (κ3) is 4.52. The van der Waals surface area contributed by atoms with Crippen molar-refractivity contribution in [1.82, 2.24) is 29.8 Å². The molecule has 0 aromatic carbocycles. The summed E-state index contributed by atoms with van der Waals surface area (Å²) in [7, 11) is 1.77. The van der Waals surface area contributed by atoms with Gasteiger partial charge < -0.3 is 19.7 Å². The van der Waals surface area contributed by atoms with Gasteiger partial charge in [0.1, 0.15) is 17.7 Å². The van der Waals surface area contributed by atoms with Gasteiger partial charge in [-0.3, -0.25) is 4.79 Å². The fourth-order valence-electron chi connectivity index (χ4n) is 3.56. The lowest BCUT2D eigenvalue weighted by Gasteiger charge is -2.25. The van der Waals surface area contributed by atoms with E-state index in [0.717, 1.165) is 12.3 Å². The molecule has 1 aliphatic rings. The van der Waals surface area contributed by atoms with Crippen LogP contribution in [0.2, 0.25) is 0 Å². The molecule has 0 aliphatic carbocycles. The molecular weight excluding hydrogens is 413 g/mol. The Balaban J connectivity index is 1.38. The number of nitrogens with zero attached hydrogens (tertiary/aromatic N) is 7. The minimum Gasteiger partial charge on any atom is -0.355 e. The smallest absolute Gasteiger partial charge is 0.355 e. The molecule has 0 spiro atoms. The molecule has 3 aromatic heterocycles. The van der Waals surface area contributed by atoms with E-state index in [4.69, 9.17) is 0 Å². The van der Waals surface area contributed by atoms with Crippen molar-refractivity contribution in [1.29, 1.82) is 0 Å². The van der Waals surface area contributed by atoms with Gasteiger partial charge in [-0.05, 0) is 18.6 Å². The molecule has 1 aliphatic heterocycles. The standard InChI is InChI=1S/C19H21F3N8O/c1-28(18-16-17(25-11-24-16)26-12-27-18)10-15(31)30-6-2-5-29(7-8-30)14-4-3-13(9-23-14)19(20,21)22/h3-4,9,11-12H,2,5-8,10H2,1H3,(H,24,25,26,27). The van der Waals surface area contributed by atoms with Crippen LogP contribution in [0.3, 0.4) is 0 Å². The normalized spacial score (nSPS) is 15.2. The molecule has 0 bridgehead atoms. The minimum absolute atomic E-state index is 0.0593. The van der Waals surface area contributed by atoms with Crippen LogP contribution in [0.1, 0.15) is 12.0 Å². The minimum atomic E-state index is -4.41. The zero-order valence-electron chi connectivity index (χ0n) is 16.8. The van der Waals surface area contributed by atoms with Gasteiger partial charge >= 0.3 is 6.18 Å². The van der Waals surface area contributed by atoms with Gasteiger partial charge in [-0.15, -0.1) is 0 Å². The first kappa shape index (κ1) is 20.8. The molecule has 31 heavy (non-hydrogen) atoms. The number of likely N-dealkylation sites (N-methyl/N-ethyl adjacent to an activating group) is 1. The lowest BCUT2D eigenvalue weighted by molar-refractivity contribution is -0.137. The van der Waals surface area contributed by atoms with Crippen molar-refractivity contribution in [2.24, 2.45) is 0 Å². The maximum Gasteiger partial charge on any atom is 0.417 e. The predicted octanol–water partition coefficient (Wildman–Crippen LogP) is 1.94. The number of carbonyl (C=O) groups is 1. The highest BCUT2D eigenvalue weighted by Gasteiger charge is 2.31. The molecule has 0 atom stereocenters. The summed E-state index contributed by atoms with van der Waals surface area (Å²) in [6, 6.07) is 2.40. The number of H-pyrrole nitrogens is 1. The number of fused-ring (bicyclic) bond motifs is 1. The maximum absolute atomic E-state index is 12.9. The summed E-state index contributed by atoms with van der Waals surface area (Å²) in [4.78, 5) is 37.6. The number of amides is 1. The predicted molar refractivity (Wildman–Crippen MR) is 108 cm³/mol. The highest BCUT2D eigenvalue weighted by Crippen LogP contribution is 2.29. The molecule has 0 radical (unpaired) electrons. The Morgan fingerprint density at radius 1 is 1.13 bits per heavy atom. The second-order valence-electron chi connectivity index (χ2n) is 7.28. The molecule has 1 amide bonds. The average Bonchev–Trinajstić information content (AvgIpc) is 3.09. The molecule has 164 valence electrons. The van der Waals surface area contributed by atoms with Crippen molar-refractivity contribution in [3.05, 3.63) is 36.5 Å². The number of anilines is 2. The SMILES string of the molecule is CN(CC(=O)N1CCCN(c2ccc(C(F)(F)F)cn2)CC1)c1ncnc2nc[nH]c12. The summed E-state index contributed by atoms with van der Waals surface area (Å²) in [5.74, 6) is 0.999. The van der Waals surface area contributed by atoms with E-state index in [0.29, 0.717) is 55.4 Å². The van der Waals surface area contributed by atoms with Crippen LogP contribution in [0.15, 0.2) is 31.0 Å². The van der Waals surface area contributed by atoms with Gasteiger partial charge in [-0.1, -0.05) is 0 Å². The maximum atomic E-state index is 12.9. The van der Waals surface area contributed by atoms with E-state index in [2.05, 4.69) is 24.9 Å². The number of hydrogen-bond donors (Lipinski definition) is 1. The number of aromatic nitrogens is 5. The van der Waals surface area contributed by atoms with E-state index in [-0.39, 0.29) is 12.5 Å². The van der Waals surface area contributed by atoms with Crippen molar-refractivity contribution in [3.8, 4) is 0 Å². The first-order chi connectivity index (χ1) is 14.8. The second kappa shape index (κ2) is 8.36. The van der Waals surface area contributed by atoms with Crippen LogP contribution >= 0.6 is 0 Å². The van der Waals surface area contributed by atoms with Gasteiger partial charge in [0.15, 0.2) is 11.5 Å². The number of imidazole rings is 1. The highest BCUT2D eigenvalue weighted by molar-refractivity contribution is 5.87. The Kier molecular flexibility index (Phi) is 5.61. The lowest BCUT2D eigenvalue weighted by atomic mass is 10.2. The summed E-state index contributed by atoms with van der Waals surface area (Å²) in [5.41, 5.74) is 0.411. The molecule has 3 aromatic rings. The van der Waals surface area contributed by atoms with E-state index in [1.807, 2.05) is 4.90 Å². The molecule has 0 saturated carbocycles. The van der Waals surface area contributed by atoms with Gasteiger partial charge in [0.25, 0.3) is 0 Å². The Morgan fingerprint density at radius 3 is 2.71 bits per heavy atom. The molecule has 4 rings (SSSR count). The summed E-state index contributed by atoms with van der Waals surface area (Å²) >= 11 is 0. The van der Waals surface area contributed by atoms with E-state index in [9.17, 15) is 18.0 Å². The van der Waals surface area contributed by atoms with Crippen molar-refractivity contribution in [2.75, 3.05) is 49.6 Å². The third-order valence-electron chi connectivity index (χ3n) is 5.18. The van der Waals surface area contributed by atoms with Gasteiger partial charge in [0, 0.05) is 39.4 Å². The third-order valence-corrected chi connectivity index (χ3v) is 5.18. The number of alkyl halides is 3. The first-order valence-corrected chi connectivity index (χ1v) is 9.74. The van der Waals surface area contributed by atoms with Gasteiger partial charge in [0.2, 0.25) is 5.91 Å². The number of carbonyl (C=O) groups excluding carboxylic acids is 1. The summed E-state index contributed by atoms with van der Waals surface area (Å²) < 4.78 is 38.2. The Morgan fingerprint density at radius 2 is 1.97 bits per heavy atom. The number of halogens is 3. The van der Waals surface area contributed by atoms with Crippen LogP contribution < -0.4 is 9.80 Å². The topological polar surface area (TPSA) is 94.1 Å². The van der Waals surface area contributed by atoms with E-state index < -0.39 is 11.7 Å². The van der Waals surface area contributed by atoms with E-state index >= 15 is 0 Å². The van der Waals surface area contributed by atoms with Crippen molar-refractivity contribution >= 4 is 28.7 Å². The van der Waals surface area contributed by atoms with Gasteiger partial charge in [-0.25, -0.2) is 19.9 Å². The molecule has 1 saturated heterocycles. The van der Waals surface area contributed by atoms with E-state index in [1.165, 1.54) is 18.7 Å². The van der Waals surface area contributed by atoms with Gasteiger partial charge in [-0.2, -0.15) is 13.2 Å². The zero-order chi connectivity index (χ0) is 22.0. The van der Waals surface area contributed by atoms with Gasteiger partial charge in [0.05, 0.1) is 18.4 Å².